The van der Waals surface area contributed by atoms with Crippen molar-refractivity contribution in [2.24, 2.45) is 0 Å². The highest BCUT2D eigenvalue weighted by molar-refractivity contribution is 7.99. The predicted octanol–water partition coefficient (Wildman–Crippen LogP) is 6.21. The number of amides is 2. The summed E-state index contributed by atoms with van der Waals surface area (Å²) in [6, 6.07) is 12.1. The van der Waals surface area contributed by atoms with Crippen molar-refractivity contribution in [1.82, 2.24) is 10.2 Å². The molecule has 0 heterocycles. The molecule has 0 aliphatic rings. The van der Waals surface area contributed by atoms with E-state index < -0.39 is 6.04 Å². The molecule has 1 atom stereocenters. The van der Waals surface area contributed by atoms with Gasteiger partial charge in [0.05, 0.1) is 5.75 Å². The van der Waals surface area contributed by atoms with Crippen LogP contribution < -0.4 is 5.32 Å². The van der Waals surface area contributed by atoms with E-state index in [1.54, 1.807) is 30.0 Å². The Balaban J connectivity index is 2.09. The van der Waals surface area contributed by atoms with E-state index in [0.717, 1.165) is 24.0 Å². The van der Waals surface area contributed by atoms with Gasteiger partial charge in [-0.1, -0.05) is 66.3 Å². The lowest BCUT2D eigenvalue weighted by atomic mass is 10.1. The second kappa shape index (κ2) is 13.2. The SMILES string of the molecule is CCCCNC(=O)[C@@H](C)N(Cc1ccc(Cl)cc1Cl)C(=O)CSCc1cccc(Cl)c1. The Hall–Kier alpha value is -1.40. The van der Waals surface area contributed by atoms with E-state index in [2.05, 4.69) is 12.2 Å². The predicted molar refractivity (Wildman–Crippen MR) is 132 cm³/mol. The van der Waals surface area contributed by atoms with Crippen LogP contribution in [0.1, 0.15) is 37.8 Å². The molecule has 0 radical (unpaired) electrons. The van der Waals surface area contributed by atoms with Gasteiger partial charge in [0.2, 0.25) is 11.8 Å². The molecule has 0 bridgehead atoms. The van der Waals surface area contributed by atoms with Crippen molar-refractivity contribution in [3.63, 3.8) is 0 Å². The summed E-state index contributed by atoms with van der Waals surface area (Å²) in [4.78, 5) is 27.3. The van der Waals surface area contributed by atoms with Gasteiger partial charge in [0, 0.05) is 33.9 Å². The van der Waals surface area contributed by atoms with E-state index in [4.69, 9.17) is 34.8 Å². The van der Waals surface area contributed by atoms with Crippen molar-refractivity contribution < 1.29 is 9.59 Å². The fraction of sp³-hybridized carbons (Fsp3) is 0.391. The monoisotopic (exact) mass is 500 g/mol. The summed E-state index contributed by atoms with van der Waals surface area (Å²) in [5.74, 6) is 0.589. The first-order valence-corrected chi connectivity index (χ1v) is 12.4. The van der Waals surface area contributed by atoms with Crippen LogP contribution in [-0.2, 0) is 21.9 Å². The first-order chi connectivity index (χ1) is 14.8. The van der Waals surface area contributed by atoms with Crippen molar-refractivity contribution in [3.8, 4) is 0 Å². The second-order valence-corrected chi connectivity index (χ2v) is 9.47. The summed E-state index contributed by atoms with van der Waals surface area (Å²) in [5, 5.41) is 4.57. The summed E-state index contributed by atoms with van der Waals surface area (Å²) in [6.45, 7) is 4.62. The normalized spacial score (nSPS) is 11.8. The fourth-order valence-corrected chi connectivity index (χ4v) is 4.46. The highest BCUT2D eigenvalue weighted by Gasteiger charge is 2.26. The molecule has 2 rings (SSSR count). The maximum Gasteiger partial charge on any atom is 0.242 e. The van der Waals surface area contributed by atoms with Crippen LogP contribution in [-0.4, -0.2) is 35.1 Å². The highest BCUT2D eigenvalue weighted by Crippen LogP contribution is 2.24. The number of thioether (sulfide) groups is 1. The van der Waals surface area contributed by atoms with Crippen LogP contribution in [0.25, 0.3) is 0 Å². The van der Waals surface area contributed by atoms with Gasteiger partial charge in [-0.05, 0) is 48.7 Å². The van der Waals surface area contributed by atoms with Gasteiger partial charge < -0.3 is 10.2 Å². The highest BCUT2D eigenvalue weighted by atomic mass is 35.5. The van der Waals surface area contributed by atoms with Crippen LogP contribution in [0.15, 0.2) is 42.5 Å². The summed E-state index contributed by atoms with van der Waals surface area (Å²) >= 11 is 19.8. The lowest BCUT2D eigenvalue weighted by Gasteiger charge is -2.29. The quantitative estimate of drug-likeness (QED) is 0.372. The third kappa shape index (κ3) is 8.57. The molecule has 0 saturated heterocycles. The van der Waals surface area contributed by atoms with Gasteiger partial charge in [0.15, 0.2) is 0 Å². The first kappa shape index (κ1) is 25.9. The minimum absolute atomic E-state index is 0.129. The Morgan fingerprint density at radius 3 is 2.52 bits per heavy atom. The molecule has 0 unspecified atom stereocenters. The van der Waals surface area contributed by atoms with Crippen molar-refractivity contribution in [3.05, 3.63) is 68.7 Å². The number of hydrogen-bond acceptors (Lipinski definition) is 3. The third-order valence-electron chi connectivity index (χ3n) is 4.74. The molecule has 8 heteroatoms. The Kier molecular flexibility index (Phi) is 11.0. The maximum atomic E-state index is 13.1. The second-order valence-electron chi connectivity index (χ2n) is 7.20. The average Bonchev–Trinajstić information content (AvgIpc) is 2.73. The molecule has 0 aliphatic heterocycles. The van der Waals surface area contributed by atoms with Gasteiger partial charge in [-0.3, -0.25) is 9.59 Å². The Bertz CT molecular complexity index is 895. The molecule has 2 aromatic rings. The van der Waals surface area contributed by atoms with Gasteiger partial charge in [0.1, 0.15) is 6.04 Å². The zero-order valence-electron chi connectivity index (χ0n) is 17.7. The number of nitrogens with zero attached hydrogens (tertiary/aromatic N) is 1. The van der Waals surface area contributed by atoms with Gasteiger partial charge in [0.25, 0.3) is 0 Å². The number of rotatable bonds is 11. The molecular weight excluding hydrogens is 475 g/mol. The van der Waals surface area contributed by atoms with E-state index >= 15 is 0 Å². The summed E-state index contributed by atoms with van der Waals surface area (Å²) in [6.07, 6.45) is 1.88. The molecule has 1 N–H and O–H groups in total. The lowest BCUT2D eigenvalue weighted by molar-refractivity contribution is -0.138. The van der Waals surface area contributed by atoms with Crippen LogP contribution in [0.2, 0.25) is 15.1 Å². The number of halogens is 3. The largest absolute Gasteiger partial charge is 0.354 e. The topological polar surface area (TPSA) is 49.4 Å². The van der Waals surface area contributed by atoms with Crippen LogP contribution in [0, 0.1) is 0 Å². The standard InChI is InChI=1S/C23H27Cl3N2O2S/c1-3-4-10-27-23(30)16(2)28(13-18-8-9-20(25)12-21(18)26)22(29)15-31-14-17-6-5-7-19(24)11-17/h5-9,11-12,16H,3-4,10,13-15H2,1-2H3,(H,27,30)/t16-/m1/s1. The molecule has 0 saturated carbocycles. The minimum Gasteiger partial charge on any atom is -0.354 e. The van der Waals surface area contributed by atoms with Crippen LogP contribution >= 0.6 is 46.6 Å². The maximum absolute atomic E-state index is 13.1. The average molecular weight is 502 g/mol. The zero-order valence-corrected chi connectivity index (χ0v) is 20.8. The van der Waals surface area contributed by atoms with Gasteiger partial charge in [-0.15, -0.1) is 11.8 Å². The van der Waals surface area contributed by atoms with Crippen molar-refractivity contribution in [2.45, 2.75) is 45.0 Å². The molecule has 2 aromatic carbocycles. The van der Waals surface area contributed by atoms with Crippen molar-refractivity contribution in [1.29, 1.82) is 0 Å². The molecular formula is C23H27Cl3N2O2S. The van der Waals surface area contributed by atoms with Gasteiger partial charge in [-0.25, -0.2) is 0 Å². The number of hydrogen-bond donors (Lipinski definition) is 1. The van der Waals surface area contributed by atoms with Crippen LogP contribution in [0.3, 0.4) is 0 Å². The molecule has 0 aliphatic carbocycles. The lowest BCUT2D eigenvalue weighted by Crippen LogP contribution is -2.48. The zero-order chi connectivity index (χ0) is 22.8. The molecule has 0 fully saturated rings. The molecule has 0 aromatic heterocycles. The van der Waals surface area contributed by atoms with Crippen LogP contribution in [0.5, 0.6) is 0 Å². The van der Waals surface area contributed by atoms with E-state index in [1.165, 1.54) is 11.8 Å². The number of carbonyl (C=O) groups is 2. The third-order valence-corrected chi connectivity index (χ3v) is 6.55. The van der Waals surface area contributed by atoms with E-state index in [9.17, 15) is 9.59 Å². The van der Waals surface area contributed by atoms with Crippen molar-refractivity contribution in [2.75, 3.05) is 12.3 Å². The number of unbranched alkanes of at least 4 members (excludes halogenated alkanes) is 1. The minimum atomic E-state index is -0.622. The summed E-state index contributed by atoms with van der Waals surface area (Å²) < 4.78 is 0. The van der Waals surface area contributed by atoms with Gasteiger partial charge >= 0.3 is 0 Å². The van der Waals surface area contributed by atoms with Crippen molar-refractivity contribution >= 4 is 58.4 Å². The number of benzene rings is 2. The summed E-state index contributed by atoms with van der Waals surface area (Å²) in [7, 11) is 0. The van der Waals surface area contributed by atoms with E-state index in [0.29, 0.717) is 27.4 Å². The van der Waals surface area contributed by atoms with E-state index in [-0.39, 0.29) is 24.1 Å². The molecule has 168 valence electrons. The molecule has 4 nitrogen and oxygen atoms in total. The Morgan fingerprint density at radius 2 is 1.84 bits per heavy atom. The fourth-order valence-electron chi connectivity index (χ4n) is 2.92. The van der Waals surface area contributed by atoms with E-state index in [1.807, 2.05) is 24.3 Å². The smallest absolute Gasteiger partial charge is 0.242 e. The van der Waals surface area contributed by atoms with Crippen LogP contribution in [0.4, 0.5) is 0 Å². The molecule has 2 amide bonds. The summed E-state index contributed by atoms with van der Waals surface area (Å²) in [5.41, 5.74) is 1.79. The Morgan fingerprint density at radius 1 is 1.10 bits per heavy atom. The molecule has 0 spiro atoms. The van der Waals surface area contributed by atoms with Gasteiger partial charge in [-0.2, -0.15) is 0 Å². The first-order valence-electron chi connectivity index (χ1n) is 10.1. The number of nitrogens with one attached hydrogen (secondary N) is 1. The molecule has 31 heavy (non-hydrogen) atoms. The number of carbonyl (C=O) groups excluding carboxylic acids is 2. The Labute approximate surface area is 203 Å².